The number of carbonyl (C=O) groups excluding carboxylic acids is 5. The van der Waals surface area contributed by atoms with Crippen LogP contribution in [-0.2, 0) is 80.3 Å². The maximum Gasteiger partial charge on any atom is 0.245 e. The molecule has 5 aromatic carbocycles. The molecule has 3 unspecified atom stereocenters. The molecule has 5 aromatic rings. The number of unbranched alkanes of at least 4 members (excludes halogenated alkanes) is 1. The Labute approximate surface area is 756 Å². The van der Waals surface area contributed by atoms with Crippen LogP contribution in [0.5, 0.6) is 0 Å². The summed E-state index contributed by atoms with van der Waals surface area (Å²) in [5.41, 5.74) is 0.0708. The fraction of sp³-hybridized carbons (Fsp3) is 0.578. The summed E-state index contributed by atoms with van der Waals surface area (Å²) in [6.45, 7) is 16.8. The van der Waals surface area contributed by atoms with Crippen molar-refractivity contribution in [3.05, 3.63) is 161 Å². The predicted octanol–water partition coefficient (Wildman–Crippen LogP) is 6.13. The number of Topliss-reactive ketones (excluding diaryl/α,β-unsaturated/α-hetero) is 3. The number of allylic oxidation sites excluding steroid dienone is 1. The summed E-state index contributed by atoms with van der Waals surface area (Å²) in [5, 5.41) is 12.8. The Kier molecular flexibility index (Phi) is 32.5. The average Bonchev–Trinajstić information content (AvgIpc) is 1.57. The summed E-state index contributed by atoms with van der Waals surface area (Å²) in [7, 11) is -4.42. The maximum atomic E-state index is 13.8. The van der Waals surface area contributed by atoms with Crippen LogP contribution in [-0.4, -0.2) is 338 Å². The van der Waals surface area contributed by atoms with E-state index in [2.05, 4.69) is 82.1 Å². The number of benzene rings is 5. The number of hydrogen-bond donors (Lipinski definition) is 4. The fourth-order valence-electron chi connectivity index (χ4n) is 18.9. The number of ether oxygens (including phenoxy) is 3. The zero-order chi connectivity index (χ0) is 92.4. The van der Waals surface area contributed by atoms with Gasteiger partial charge in [-0.25, -0.2) is 42.1 Å². The highest BCUT2D eigenvalue weighted by molar-refractivity contribution is 7.91. The highest BCUT2D eigenvalue weighted by Gasteiger charge is 2.60. The van der Waals surface area contributed by atoms with Gasteiger partial charge < -0.3 is 60.0 Å². The molecular formula is C90H129N15O18S5. The van der Waals surface area contributed by atoms with Gasteiger partial charge in [0.2, 0.25) is 51.9 Å². The van der Waals surface area contributed by atoms with E-state index in [1.165, 1.54) is 95.6 Å². The minimum absolute atomic E-state index is 0.0750. The van der Waals surface area contributed by atoms with Crippen molar-refractivity contribution < 1.29 is 80.3 Å². The van der Waals surface area contributed by atoms with Gasteiger partial charge in [-0.05, 0) is 208 Å². The van der Waals surface area contributed by atoms with E-state index in [-0.39, 0.29) is 77.9 Å². The molecule has 11 heterocycles. The molecule has 0 aliphatic carbocycles. The molecule has 3 atom stereocenters. The highest BCUT2D eigenvalue weighted by atomic mass is 32.2. The van der Waals surface area contributed by atoms with Crippen LogP contribution in [0.4, 0.5) is 0 Å². The summed E-state index contributed by atoms with van der Waals surface area (Å²) in [4.78, 5) is 77.4. The van der Waals surface area contributed by atoms with Crippen LogP contribution in [0.25, 0.3) is 0 Å². The molecule has 10 saturated heterocycles. The van der Waals surface area contributed by atoms with Crippen LogP contribution in [0.1, 0.15) is 154 Å². The summed E-state index contributed by atoms with van der Waals surface area (Å²) < 4.78 is 155. The van der Waals surface area contributed by atoms with Crippen molar-refractivity contribution in [3.63, 3.8) is 0 Å². The zero-order valence-corrected chi connectivity index (χ0v) is 79.7. The van der Waals surface area contributed by atoms with Crippen molar-refractivity contribution >= 4 is 85.3 Å². The number of nitrogens with one attached hydrogen (secondary N) is 4. The SMILES string of the molecule is CC(=O)c1ccc(S(=O)(=O)N2C(CC3=CCC=N3)C(=O)NC23CCN(C)CC3)cc1.CC(=O)c1ccc(S(=O)(=O)N2C(CCCCN(C)C)COC23CCN(C)CC3)cc1.CC(=O)c1ccc(S(=O)(=O)N2CC(CN(C)C)OC23CCN(C)CC3)cc1.CS(=O)(=O)c1ccc(S(=O)(=O)N2CCOC23CCNCC3)cc1.O=C1CN(Cc2ccccc2)C2(CCNCC2)N1. The van der Waals surface area contributed by atoms with Crippen molar-refractivity contribution in [1.29, 1.82) is 0 Å². The number of ketones is 3. The van der Waals surface area contributed by atoms with Crippen LogP contribution in [0.15, 0.2) is 169 Å². The first-order valence-corrected chi connectivity index (χ1v) is 51.9. The number of nitrogens with zero attached hydrogens (tertiary/aromatic N) is 11. The summed E-state index contributed by atoms with van der Waals surface area (Å²) in [6.07, 6.45) is 15.2. The Morgan fingerprint density at radius 3 is 1.45 bits per heavy atom. The molecule has 38 heteroatoms. The van der Waals surface area contributed by atoms with Gasteiger partial charge in [0.05, 0.1) is 62.0 Å². The van der Waals surface area contributed by atoms with Gasteiger partial charge in [0.1, 0.15) is 28.9 Å². The van der Waals surface area contributed by atoms with E-state index in [0.29, 0.717) is 140 Å². The predicted molar refractivity (Wildman–Crippen MR) is 487 cm³/mol. The van der Waals surface area contributed by atoms with Crippen LogP contribution < -0.4 is 21.3 Å². The van der Waals surface area contributed by atoms with Crippen LogP contribution in [0.3, 0.4) is 0 Å². The van der Waals surface area contributed by atoms with E-state index in [9.17, 15) is 66.1 Å². The van der Waals surface area contributed by atoms with Gasteiger partial charge in [0.15, 0.2) is 27.2 Å². The molecule has 128 heavy (non-hydrogen) atoms. The molecule has 16 rings (SSSR count). The molecular weight excluding hydrogens is 1740 g/mol. The van der Waals surface area contributed by atoms with Gasteiger partial charge in [-0.3, -0.25) is 33.9 Å². The molecule has 33 nitrogen and oxygen atoms in total. The number of rotatable bonds is 23. The van der Waals surface area contributed by atoms with E-state index < -0.39 is 78.8 Å². The molecule has 0 radical (unpaired) electrons. The third kappa shape index (κ3) is 23.1. The number of aliphatic imine (C=N–C) groups is 1. The van der Waals surface area contributed by atoms with Crippen LogP contribution in [0, 0.1) is 0 Å². The molecule has 0 saturated carbocycles. The number of likely N-dealkylation sites (N-methyl/N-ethyl adjacent to an activating group) is 1. The molecule has 11 aliphatic rings. The van der Waals surface area contributed by atoms with Gasteiger partial charge in [-0.15, -0.1) is 0 Å². The molecule has 4 N–H and O–H groups in total. The Morgan fingerprint density at radius 2 is 0.969 bits per heavy atom. The minimum Gasteiger partial charge on any atom is -0.358 e. The quantitative estimate of drug-likeness (QED) is 0.0422. The number of hydrogen-bond acceptors (Lipinski definition) is 27. The Bertz CT molecular complexity index is 5370. The molecule has 11 aliphatic heterocycles. The lowest BCUT2D eigenvalue weighted by atomic mass is 9.97. The van der Waals surface area contributed by atoms with Crippen molar-refractivity contribution in [1.82, 2.24) is 67.9 Å². The smallest absolute Gasteiger partial charge is 0.245 e. The molecule has 2 amide bonds. The third-order valence-corrected chi connectivity index (χ3v) is 35.1. The van der Waals surface area contributed by atoms with Crippen molar-refractivity contribution in [3.8, 4) is 0 Å². The molecule has 10 fully saturated rings. The standard InChI is InChI=1S/C22H35N3O4S.C21H26N4O4S.C19H29N3O4S.C14H19N3O.C14H20N2O5S2/c1-18(26)19-8-10-21(11-9-19)30(27,28)25-20(7-5-6-14-23(2)3)17-29-22(25)12-15-24(4)16-13-22;1-15(26)16-5-7-18(8-6-16)30(28,29)25-19(14-17-4-3-11-22-17)20(27)23-21(25)9-12-24(2)13-10-21;1-15(23)16-5-7-18(8-6-16)27(24,25)22-14-17(13-20(2)3)26-19(22)9-11-21(4)12-10-19;18-13-11-17(10-12-4-2-1-3-5-12)14(16-13)6-8-15-9-7-14;1-22(17,18)12-2-4-13(5-3-12)23(19,20)16-10-11-21-14(16)6-8-15-9-7-14/h8-11,20H,5-7,12-17H2,1-4H3;4-8,11,19H,3,9-10,12-14H2,1-2H3,(H,23,27);5-8,17H,9-14H2,1-4H3;1-5,15H,6-11H2,(H,16,18);2-5,15H,6-11H2,1H3. The third-order valence-electron chi connectivity index (χ3n) is 26.1. The summed E-state index contributed by atoms with van der Waals surface area (Å²) in [6, 6.07) is 33.1. The van der Waals surface area contributed by atoms with Gasteiger partial charge >= 0.3 is 0 Å². The normalized spacial score (nSPS) is 23.4. The first-order valence-electron chi connectivity index (χ1n) is 44.2. The van der Waals surface area contributed by atoms with E-state index >= 15 is 0 Å². The number of likely N-dealkylation sites (tertiary alicyclic amines) is 3. The second-order valence-electron chi connectivity index (χ2n) is 36.0. The summed E-state index contributed by atoms with van der Waals surface area (Å²) >= 11 is 0. The maximum absolute atomic E-state index is 13.8. The first-order chi connectivity index (χ1) is 60.6. The number of sulfonamides is 4. The van der Waals surface area contributed by atoms with Crippen LogP contribution in [0.2, 0.25) is 0 Å². The second kappa shape index (κ2) is 41.8. The molecule has 0 aromatic heterocycles. The molecule has 0 bridgehead atoms. The number of piperidine rings is 5. The Morgan fingerprint density at radius 1 is 0.500 bits per heavy atom. The number of carbonyl (C=O) groups is 5. The largest absolute Gasteiger partial charge is 0.358 e. The number of amides is 2. The lowest BCUT2D eigenvalue weighted by Gasteiger charge is -2.43. The Balaban J connectivity index is 0.000000147. The first kappa shape index (κ1) is 99.6. The lowest BCUT2D eigenvalue weighted by Crippen LogP contribution is -2.60. The summed E-state index contributed by atoms with van der Waals surface area (Å²) in [5.74, 6) is -0.415. The van der Waals surface area contributed by atoms with Gasteiger partial charge in [0.25, 0.3) is 0 Å². The highest BCUT2D eigenvalue weighted by Crippen LogP contribution is 2.46. The van der Waals surface area contributed by atoms with E-state index in [1.807, 2.05) is 59.3 Å². The van der Waals surface area contributed by atoms with E-state index in [4.69, 9.17) is 14.2 Å². The molecule has 702 valence electrons. The Hall–Kier alpha value is -7.39. The zero-order valence-electron chi connectivity index (χ0n) is 75.7. The van der Waals surface area contributed by atoms with Crippen LogP contribution >= 0.6 is 0 Å². The second-order valence-corrected chi connectivity index (χ2v) is 45.3. The molecule has 5 spiro atoms. The fourth-order valence-corrected chi connectivity index (χ4v) is 26.8. The van der Waals surface area contributed by atoms with E-state index in [0.717, 1.165) is 96.4 Å². The average molecular weight is 1870 g/mol. The van der Waals surface area contributed by atoms with Crippen molar-refractivity contribution in [2.45, 2.75) is 195 Å². The van der Waals surface area contributed by atoms with Gasteiger partial charge in [-0.1, -0.05) is 79.2 Å². The lowest BCUT2D eigenvalue weighted by molar-refractivity contribution is -0.121. The van der Waals surface area contributed by atoms with Gasteiger partial charge in [-0.2, -0.15) is 17.2 Å². The monoisotopic (exact) mass is 1870 g/mol. The topological polar surface area (TPSA) is 377 Å². The van der Waals surface area contributed by atoms with E-state index in [1.54, 1.807) is 51.2 Å². The number of sulfone groups is 1. The minimum atomic E-state index is -3.99. The van der Waals surface area contributed by atoms with Gasteiger partial charge in [0, 0.05) is 152 Å². The van der Waals surface area contributed by atoms with Crippen molar-refractivity contribution in [2.75, 3.05) is 167 Å². The van der Waals surface area contributed by atoms with Crippen molar-refractivity contribution in [2.24, 2.45) is 4.99 Å².